The van der Waals surface area contributed by atoms with E-state index in [-0.39, 0.29) is 19.0 Å². The number of rotatable bonds is 4. The highest BCUT2D eigenvalue weighted by Crippen LogP contribution is 2.32. The second kappa shape index (κ2) is 6.92. The molecule has 4 rings (SSSR count). The molecule has 2 aromatic carbocycles. The fraction of sp³-hybridized carbons (Fsp3) is 0.211. The maximum Gasteiger partial charge on any atom is 0.276 e. The number of carbonyl (C=O) groups is 1. The number of halogens is 1. The maximum atomic E-state index is 12.7. The van der Waals surface area contributed by atoms with Gasteiger partial charge in [-0.15, -0.1) is 0 Å². The molecule has 0 aliphatic carbocycles. The largest absolute Gasteiger partial charge is 0.454 e. The van der Waals surface area contributed by atoms with Crippen molar-refractivity contribution in [2.24, 2.45) is 0 Å². The lowest BCUT2D eigenvalue weighted by Gasteiger charge is -2.11. The van der Waals surface area contributed by atoms with Crippen molar-refractivity contribution < 1.29 is 14.3 Å². The first kappa shape index (κ1) is 17.4. The van der Waals surface area contributed by atoms with Crippen LogP contribution in [-0.2, 0) is 13.1 Å². The van der Waals surface area contributed by atoms with E-state index in [9.17, 15) is 9.59 Å². The van der Waals surface area contributed by atoms with Crippen molar-refractivity contribution >= 4 is 28.4 Å². The Balaban J connectivity index is 1.62. The van der Waals surface area contributed by atoms with Gasteiger partial charge in [0.15, 0.2) is 17.2 Å². The van der Waals surface area contributed by atoms with E-state index >= 15 is 0 Å². The van der Waals surface area contributed by atoms with Gasteiger partial charge in [-0.3, -0.25) is 14.3 Å². The number of fused-ring (bicyclic) bond motifs is 2. The van der Waals surface area contributed by atoms with E-state index < -0.39 is 11.3 Å². The predicted octanol–water partition coefficient (Wildman–Crippen LogP) is 2.73. The number of aryl methyl sites for hydroxylation is 1. The zero-order valence-electron chi connectivity index (χ0n) is 14.5. The molecule has 1 aliphatic rings. The van der Waals surface area contributed by atoms with Gasteiger partial charge in [-0.2, -0.15) is 5.10 Å². The average molecular weight is 386 g/mol. The van der Waals surface area contributed by atoms with Gasteiger partial charge in [-0.05, 0) is 42.8 Å². The van der Waals surface area contributed by atoms with Gasteiger partial charge in [-0.1, -0.05) is 17.7 Å². The Labute approximate surface area is 159 Å². The molecule has 0 fully saturated rings. The second-order valence-electron chi connectivity index (χ2n) is 6.03. The predicted molar refractivity (Wildman–Crippen MR) is 100 cm³/mol. The minimum absolute atomic E-state index is 0.160. The number of amides is 1. The Bertz CT molecular complexity index is 1110. The zero-order valence-corrected chi connectivity index (χ0v) is 15.2. The van der Waals surface area contributed by atoms with Crippen LogP contribution in [0.2, 0.25) is 5.02 Å². The zero-order chi connectivity index (χ0) is 19.0. The Morgan fingerprint density at radius 2 is 2.04 bits per heavy atom. The summed E-state index contributed by atoms with van der Waals surface area (Å²) >= 11 is 6.01. The van der Waals surface area contributed by atoms with Crippen molar-refractivity contribution in [3.05, 3.63) is 62.9 Å². The summed E-state index contributed by atoms with van der Waals surface area (Å²) < 4.78 is 12.2. The highest BCUT2D eigenvalue weighted by molar-refractivity contribution is 6.31. The summed E-state index contributed by atoms with van der Waals surface area (Å²) in [4.78, 5) is 25.3. The van der Waals surface area contributed by atoms with E-state index in [1.807, 2.05) is 13.0 Å². The van der Waals surface area contributed by atoms with Gasteiger partial charge in [-0.25, -0.2) is 0 Å². The second-order valence-corrected chi connectivity index (χ2v) is 6.46. The molecule has 0 spiro atoms. The molecule has 3 aromatic rings. The number of hydrogen-bond acceptors (Lipinski definition) is 5. The van der Waals surface area contributed by atoms with Gasteiger partial charge in [0.2, 0.25) is 12.2 Å². The van der Waals surface area contributed by atoms with E-state index in [0.717, 1.165) is 5.56 Å². The van der Waals surface area contributed by atoms with E-state index in [4.69, 9.17) is 21.1 Å². The Kier molecular flexibility index (Phi) is 4.45. The third-order valence-corrected chi connectivity index (χ3v) is 4.56. The molecule has 1 amide bonds. The molecule has 0 bridgehead atoms. The van der Waals surface area contributed by atoms with Gasteiger partial charge in [0.05, 0.1) is 10.9 Å². The van der Waals surface area contributed by atoms with E-state index in [1.54, 1.807) is 35.0 Å². The molecule has 0 radical (unpaired) electrons. The lowest BCUT2D eigenvalue weighted by molar-refractivity contribution is 0.0942. The van der Waals surface area contributed by atoms with Crippen molar-refractivity contribution in [2.75, 3.05) is 6.79 Å². The highest BCUT2D eigenvalue weighted by Gasteiger charge is 2.18. The van der Waals surface area contributed by atoms with Crippen molar-refractivity contribution in [3.63, 3.8) is 0 Å². The van der Waals surface area contributed by atoms with E-state index in [1.165, 1.54) is 0 Å². The number of aromatic nitrogens is 2. The van der Waals surface area contributed by atoms with Gasteiger partial charge in [0, 0.05) is 18.1 Å². The van der Waals surface area contributed by atoms with Crippen molar-refractivity contribution in [2.45, 2.75) is 20.0 Å². The first-order chi connectivity index (χ1) is 13.1. The molecule has 8 heteroatoms. The Morgan fingerprint density at radius 1 is 1.22 bits per heavy atom. The topological polar surface area (TPSA) is 82.5 Å². The summed E-state index contributed by atoms with van der Waals surface area (Å²) in [5, 5.41) is 7.76. The fourth-order valence-corrected chi connectivity index (χ4v) is 3.14. The quantitative estimate of drug-likeness (QED) is 0.746. The molecule has 0 atom stereocenters. The summed E-state index contributed by atoms with van der Waals surface area (Å²) in [6.07, 6.45) is 0. The van der Waals surface area contributed by atoms with Gasteiger partial charge >= 0.3 is 0 Å². The summed E-state index contributed by atoms with van der Waals surface area (Å²) in [7, 11) is 0. The minimum atomic E-state index is -0.540. The molecular weight excluding hydrogens is 370 g/mol. The monoisotopic (exact) mass is 385 g/mol. The minimum Gasteiger partial charge on any atom is -0.454 e. The Morgan fingerprint density at radius 3 is 2.85 bits per heavy atom. The van der Waals surface area contributed by atoms with Crippen LogP contribution in [0, 0.1) is 0 Å². The van der Waals surface area contributed by atoms with Crippen LogP contribution in [0.1, 0.15) is 23.0 Å². The number of ether oxygens (including phenoxy) is 2. The highest BCUT2D eigenvalue weighted by atomic mass is 35.5. The summed E-state index contributed by atoms with van der Waals surface area (Å²) in [6, 6.07) is 10.4. The normalized spacial score (nSPS) is 12.4. The van der Waals surface area contributed by atoms with E-state index in [0.29, 0.717) is 34.0 Å². The van der Waals surface area contributed by atoms with Gasteiger partial charge in [0.25, 0.3) is 5.91 Å². The number of nitrogens with one attached hydrogen (secondary N) is 1. The molecule has 27 heavy (non-hydrogen) atoms. The molecule has 7 nitrogen and oxygen atoms in total. The van der Waals surface area contributed by atoms with Crippen LogP contribution in [-0.4, -0.2) is 22.5 Å². The molecule has 0 saturated heterocycles. The van der Waals surface area contributed by atoms with Crippen molar-refractivity contribution in [1.82, 2.24) is 15.1 Å². The Hall–Kier alpha value is -3.06. The molecule has 138 valence electrons. The third kappa shape index (κ3) is 3.21. The van der Waals surface area contributed by atoms with Crippen LogP contribution < -0.4 is 20.2 Å². The molecule has 2 heterocycles. The maximum absolute atomic E-state index is 12.7. The SMILES string of the molecule is CCn1nc(C(=O)NCc2ccc3c(c2)OCO3)c(=O)c2cc(Cl)ccc21. The third-order valence-electron chi connectivity index (χ3n) is 4.32. The number of nitrogens with zero attached hydrogens (tertiary/aromatic N) is 2. The van der Waals surface area contributed by atoms with E-state index in [2.05, 4.69) is 10.4 Å². The lowest BCUT2D eigenvalue weighted by Crippen LogP contribution is -2.31. The van der Waals surface area contributed by atoms with Crippen LogP contribution in [0.25, 0.3) is 10.9 Å². The van der Waals surface area contributed by atoms with Crippen LogP contribution in [0.15, 0.2) is 41.2 Å². The molecule has 1 N–H and O–H groups in total. The summed E-state index contributed by atoms with van der Waals surface area (Å²) in [5.74, 6) is 0.763. The summed E-state index contributed by atoms with van der Waals surface area (Å²) in [5.41, 5.74) is 0.860. The standard InChI is InChI=1S/C19H16ClN3O4/c1-2-23-14-5-4-12(20)8-13(14)18(24)17(22-23)19(25)21-9-11-3-6-15-16(7-11)27-10-26-15/h3-8H,2,9-10H2,1H3,(H,21,25). The average Bonchev–Trinajstić information content (AvgIpc) is 3.14. The van der Waals surface area contributed by atoms with Crippen LogP contribution in [0.3, 0.4) is 0 Å². The lowest BCUT2D eigenvalue weighted by atomic mass is 10.1. The molecule has 1 aromatic heterocycles. The summed E-state index contributed by atoms with van der Waals surface area (Å²) in [6.45, 7) is 2.82. The first-order valence-electron chi connectivity index (χ1n) is 8.44. The number of hydrogen-bond donors (Lipinski definition) is 1. The smallest absolute Gasteiger partial charge is 0.276 e. The van der Waals surface area contributed by atoms with Crippen LogP contribution in [0.5, 0.6) is 11.5 Å². The molecule has 0 saturated carbocycles. The van der Waals surface area contributed by atoms with Crippen molar-refractivity contribution in [3.8, 4) is 11.5 Å². The van der Waals surface area contributed by atoms with Crippen molar-refractivity contribution in [1.29, 1.82) is 0 Å². The van der Waals surface area contributed by atoms with Gasteiger partial charge in [0.1, 0.15) is 0 Å². The molecule has 0 unspecified atom stereocenters. The fourth-order valence-electron chi connectivity index (χ4n) is 2.97. The molecular formula is C19H16ClN3O4. The first-order valence-corrected chi connectivity index (χ1v) is 8.81. The number of benzene rings is 2. The number of carbonyl (C=O) groups excluding carboxylic acids is 1. The van der Waals surface area contributed by atoms with Crippen LogP contribution >= 0.6 is 11.6 Å². The van der Waals surface area contributed by atoms with Crippen LogP contribution in [0.4, 0.5) is 0 Å². The van der Waals surface area contributed by atoms with Gasteiger partial charge < -0.3 is 14.8 Å². The molecule has 1 aliphatic heterocycles.